The summed E-state index contributed by atoms with van der Waals surface area (Å²) >= 11 is 0. The summed E-state index contributed by atoms with van der Waals surface area (Å²) in [5, 5.41) is 13.4. The first-order chi connectivity index (χ1) is 11.2. The molecule has 1 aliphatic carbocycles. The number of rotatable bonds is 5. The number of hydrogen-bond donors (Lipinski definition) is 1. The lowest BCUT2D eigenvalue weighted by atomic mass is 9.76. The van der Waals surface area contributed by atoms with Crippen LogP contribution in [-0.4, -0.2) is 23.9 Å². The maximum Gasteiger partial charge on any atom is 0.336 e. The van der Waals surface area contributed by atoms with E-state index in [0.717, 1.165) is 19.3 Å². The Hall–Kier alpha value is -1.85. The Morgan fingerprint density at radius 1 is 1.33 bits per heavy atom. The highest BCUT2D eigenvalue weighted by Gasteiger charge is 2.39. The predicted octanol–water partition coefficient (Wildman–Crippen LogP) is 1.15. The van der Waals surface area contributed by atoms with Crippen molar-refractivity contribution in [3.63, 3.8) is 0 Å². The van der Waals surface area contributed by atoms with Crippen LogP contribution in [0.5, 0.6) is 0 Å². The lowest BCUT2D eigenvalue weighted by Crippen LogP contribution is -2.36. The molecule has 24 heavy (non-hydrogen) atoms. The van der Waals surface area contributed by atoms with Crippen LogP contribution in [0.3, 0.4) is 0 Å². The van der Waals surface area contributed by atoms with Crippen molar-refractivity contribution in [1.29, 1.82) is 0 Å². The van der Waals surface area contributed by atoms with Gasteiger partial charge in [-0.25, -0.2) is 4.79 Å². The molecule has 0 aromatic carbocycles. The minimum absolute atomic E-state index is 0.128. The molecule has 4 atom stereocenters. The molecule has 134 valence electrons. The van der Waals surface area contributed by atoms with Crippen molar-refractivity contribution in [1.82, 2.24) is 5.32 Å². The number of esters is 1. The second-order valence-electron chi connectivity index (χ2n) is 7.39. The molecule has 1 aliphatic heterocycles. The van der Waals surface area contributed by atoms with E-state index in [-0.39, 0.29) is 17.6 Å². The summed E-state index contributed by atoms with van der Waals surface area (Å²) in [6, 6.07) is 0. The average molecular weight is 336 g/mol. The molecule has 0 bridgehead atoms. The summed E-state index contributed by atoms with van der Waals surface area (Å²) in [5.41, 5.74) is 0.503. The topological polar surface area (TPSA) is 95.5 Å². The molecule has 0 spiro atoms. The standard InChI is InChI=1S/C18H27NO5/c1-9(2)12-6-5-10(3)14(7-12)24-18(23)16-11(4)19-17(22)13(16)8-15(20)21/h9-10,12-14H,5-8H2,1-4H3,(H,19,22)(H,20,21)/p-1/t10-,12-,13-,14+/m1/s1. The first kappa shape index (κ1) is 18.5. The smallest absolute Gasteiger partial charge is 0.336 e. The van der Waals surface area contributed by atoms with Crippen LogP contribution in [0.2, 0.25) is 0 Å². The zero-order valence-corrected chi connectivity index (χ0v) is 14.8. The highest BCUT2D eigenvalue weighted by Crippen LogP contribution is 2.36. The molecule has 1 N–H and O–H groups in total. The summed E-state index contributed by atoms with van der Waals surface area (Å²) in [6.45, 7) is 7.99. The van der Waals surface area contributed by atoms with Gasteiger partial charge in [0.1, 0.15) is 6.10 Å². The van der Waals surface area contributed by atoms with Gasteiger partial charge in [-0.15, -0.1) is 0 Å². The predicted molar refractivity (Wildman–Crippen MR) is 85.2 cm³/mol. The van der Waals surface area contributed by atoms with Crippen LogP contribution < -0.4 is 10.4 Å². The maximum atomic E-state index is 12.6. The number of ether oxygens (including phenoxy) is 1. The molecule has 2 aliphatic rings. The third-order valence-electron chi connectivity index (χ3n) is 5.33. The number of nitrogens with one attached hydrogen (secondary N) is 1. The largest absolute Gasteiger partial charge is 0.550 e. The van der Waals surface area contributed by atoms with Crippen molar-refractivity contribution < 1.29 is 24.2 Å². The molecule has 0 radical (unpaired) electrons. The van der Waals surface area contributed by atoms with Crippen LogP contribution in [0.4, 0.5) is 0 Å². The number of amides is 1. The van der Waals surface area contributed by atoms with E-state index in [2.05, 4.69) is 26.1 Å². The average Bonchev–Trinajstić information content (AvgIpc) is 2.74. The van der Waals surface area contributed by atoms with E-state index in [4.69, 9.17) is 4.74 Å². The number of aliphatic carboxylic acids is 1. The molecule has 1 saturated carbocycles. The first-order valence-electron chi connectivity index (χ1n) is 8.63. The SMILES string of the molecule is CC1=C(C(=O)O[C@H]2C[C@H](C(C)C)CC[C@H]2C)[C@@H](CC(=O)[O-])C(=O)N1. The van der Waals surface area contributed by atoms with Crippen molar-refractivity contribution in [2.45, 2.75) is 59.5 Å². The summed E-state index contributed by atoms with van der Waals surface area (Å²) in [7, 11) is 0. The van der Waals surface area contributed by atoms with Crippen molar-refractivity contribution in [3.8, 4) is 0 Å². The second kappa shape index (κ2) is 7.36. The van der Waals surface area contributed by atoms with Gasteiger partial charge in [0.05, 0.1) is 11.5 Å². The van der Waals surface area contributed by atoms with Crippen molar-refractivity contribution >= 4 is 17.8 Å². The van der Waals surface area contributed by atoms with Gasteiger partial charge in [-0.1, -0.05) is 20.8 Å². The van der Waals surface area contributed by atoms with Crippen LogP contribution in [0.1, 0.15) is 53.4 Å². The Balaban J connectivity index is 2.11. The third-order valence-corrected chi connectivity index (χ3v) is 5.33. The minimum atomic E-state index is -1.36. The van der Waals surface area contributed by atoms with Gasteiger partial charge in [0.2, 0.25) is 5.91 Å². The Kier molecular flexibility index (Phi) is 5.67. The Morgan fingerprint density at radius 2 is 2.00 bits per heavy atom. The zero-order valence-electron chi connectivity index (χ0n) is 14.8. The lowest BCUT2D eigenvalue weighted by molar-refractivity contribution is -0.306. The highest BCUT2D eigenvalue weighted by atomic mass is 16.5. The Morgan fingerprint density at radius 3 is 2.58 bits per heavy atom. The number of allylic oxidation sites excluding steroid dienone is 1. The van der Waals surface area contributed by atoms with Gasteiger partial charge in [0.15, 0.2) is 0 Å². The summed E-state index contributed by atoms with van der Waals surface area (Å²) in [5.74, 6) is -2.16. The number of carboxylic acid groups (broad SMARTS) is 1. The molecule has 2 rings (SSSR count). The van der Waals surface area contributed by atoms with Gasteiger partial charge in [0, 0.05) is 18.1 Å². The fraction of sp³-hybridized carbons (Fsp3) is 0.722. The zero-order chi connectivity index (χ0) is 18.0. The quantitative estimate of drug-likeness (QED) is 0.760. The summed E-state index contributed by atoms with van der Waals surface area (Å²) < 4.78 is 5.70. The van der Waals surface area contributed by atoms with Crippen molar-refractivity contribution in [3.05, 3.63) is 11.3 Å². The van der Waals surface area contributed by atoms with Gasteiger partial charge in [-0.3, -0.25) is 4.79 Å². The number of carbonyl (C=O) groups excluding carboxylic acids is 3. The van der Waals surface area contributed by atoms with E-state index in [0.29, 0.717) is 17.5 Å². The normalized spacial score (nSPS) is 30.5. The van der Waals surface area contributed by atoms with E-state index in [9.17, 15) is 19.5 Å². The molecular formula is C18H26NO5-. The van der Waals surface area contributed by atoms with Gasteiger partial charge >= 0.3 is 5.97 Å². The molecular weight excluding hydrogens is 310 g/mol. The van der Waals surface area contributed by atoms with E-state index in [1.807, 2.05) is 0 Å². The van der Waals surface area contributed by atoms with Crippen LogP contribution in [0, 0.1) is 23.7 Å². The Bertz CT molecular complexity index is 566. The molecule has 0 saturated heterocycles. The van der Waals surface area contributed by atoms with Gasteiger partial charge in [-0.05, 0) is 43.9 Å². The molecule has 6 nitrogen and oxygen atoms in total. The molecule has 6 heteroatoms. The molecule has 1 fully saturated rings. The summed E-state index contributed by atoms with van der Waals surface area (Å²) in [6.07, 6.45) is 2.23. The Labute approximate surface area is 142 Å². The van der Waals surface area contributed by atoms with Crippen LogP contribution in [-0.2, 0) is 19.1 Å². The molecule has 0 aromatic heterocycles. The second-order valence-corrected chi connectivity index (χ2v) is 7.39. The molecule has 1 amide bonds. The molecule has 1 heterocycles. The fourth-order valence-corrected chi connectivity index (χ4v) is 3.67. The van der Waals surface area contributed by atoms with Crippen LogP contribution >= 0.6 is 0 Å². The molecule has 0 unspecified atom stereocenters. The van der Waals surface area contributed by atoms with Gasteiger partial charge < -0.3 is 20.0 Å². The lowest BCUT2D eigenvalue weighted by Gasteiger charge is -2.36. The van der Waals surface area contributed by atoms with Crippen LogP contribution in [0.15, 0.2) is 11.3 Å². The van der Waals surface area contributed by atoms with Gasteiger partial charge in [-0.2, -0.15) is 0 Å². The van der Waals surface area contributed by atoms with Crippen LogP contribution in [0.25, 0.3) is 0 Å². The van der Waals surface area contributed by atoms with E-state index < -0.39 is 30.2 Å². The van der Waals surface area contributed by atoms with E-state index in [1.54, 1.807) is 6.92 Å². The first-order valence-corrected chi connectivity index (χ1v) is 8.63. The minimum Gasteiger partial charge on any atom is -0.550 e. The van der Waals surface area contributed by atoms with E-state index >= 15 is 0 Å². The number of hydrogen-bond acceptors (Lipinski definition) is 5. The van der Waals surface area contributed by atoms with Crippen molar-refractivity contribution in [2.75, 3.05) is 0 Å². The number of carboxylic acids is 1. The van der Waals surface area contributed by atoms with E-state index in [1.165, 1.54) is 0 Å². The fourth-order valence-electron chi connectivity index (χ4n) is 3.67. The van der Waals surface area contributed by atoms with Crippen molar-refractivity contribution in [2.24, 2.45) is 23.7 Å². The molecule has 0 aromatic rings. The number of carbonyl (C=O) groups is 3. The maximum absolute atomic E-state index is 12.6. The van der Waals surface area contributed by atoms with Gasteiger partial charge in [0.25, 0.3) is 0 Å². The monoisotopic (exact) mass is 336 g/mol. The summed E-state index contributed by atoms with van der Waals surface area (Å²) in [4.78, 5) is 35.3. The third kappa shape index (κ3) is 3.97. The highest BCUT2D eigenvalue weighted by molar-refractivity contribution is 6.03.